The molecule has 1 atom stereocenters. The van der Waals surface area contributed by atoms with E-state index in [0.717, 1.165) is 5.56 Å². The summed E-state index contributed by atoms with van der Waals surface area (Å²) in [6.07, 6.45) is 0. The number of amides is 1. The second-order valence-corrected chi connectivity index (χ2v) is 4.99. The number of nitrogens with one attached hydrogen (secondary N) is 2. The predicted molar refractivity (Wildman–Crippen MR) is 85.9 cm³/mol. The van der Waals surface area contributed by atoms with Crippen molar-refractivity contribution in [3.63, 3.8) is 0 Å². The van der Waals surface area contributed by atoms with E-state index in [0.29, 0.717) is 5.56 Å². The van der Waals surface area contributed by atoms with Crippen LogP contribution in [0.3, 0.4) is 0 Å². The topological polar surface area (TPSA) is 61.4 Å². The van der Waals surface area contributed by atoms with Crippen molar-refractivity contribution < 1.29 is 14.3 Å². The summed E-state index contributed by atoms with van der Waals surface area (Å²) in [4.78, 5) is 11.9. The van der Waals surface area contributed by atoms with Crippen LogP contribution in [0.5, 0.6) is 0 Å². The molecule has 1 amide bonds. The zero-order valence-corrected chi connectivity index (χ0v) is 12.4. The minimum atomic E-state index is -0.442. The van der Waals surface area contributed by atoms with Gasteiger partial charge in [0.1, 0.15) is 5.82 Å². The van der Waals surface area contributed by atoms with Crippen molar-refractivity contribution in [3.05, 3.63) is 71.5 Å². The van der Waals surface area contributed by atoms with E-state index in [1.54, 1.807) is 0 Å². The van der Waals surface area contributed by atoms with E-state index in [1.807, 2.05) is 30.3 Å². The predicted octanol–water partition coefficient (Wildman–Crippen LogP) is 2.16. The fourth-order valence-electron chi connectivity index (χ4n) is 1.89. The number of aliphatic hydroxyl groups is 1. The molecule has 2 rings (SSSR count). The highest BCUT2D eigenvalue weighted by atomic mass is 32.1. The second-order valence-electron chi connectivity index (χ2n) is 4.58. The first-order valence-electron chi connectivity index (χ1n) is 6.63. The number of hydrogen-bond acceptors (Lipinski definition) is 3. The Bertz CT molecular complexity index is 647. The molecular formula is C16H15FN2O2S. The van der Waals surface area contributed by atoms with Crippen LogP contribution in [0.2, 0.25) is 0 Å². The molecule has 2 aromatic carbocycles. The summed E-state index contributed by atoms with van der Waals surface area (Å²) < 4.78 is 12.8. The van der Waals surface area contributed by atoms with Crippen molar-refractivity contribution in [1.82, 2.24) is 10.6 Å². The first-order chi connectivity index (χ1) is 10.6. The summed E-state index contributed by atoms with van der Waals surface area (Å²) in [5.41, 5.74) is 1.15. The van der Waals surface area contributed by atoms with Crippen molar-refractivity contribution in [3.8, 4) is 0 Å². The fourth-order valence-corrected chi connectivity index (χ4v) is 2.13. The van der Waals surface area contributed by atoms with Crippen LogP contribution < -0.4 is 10.6 Å². The molecule has 6 heteroatoms. The maximum Gasteiger partial charge on any atom is 0.257 e. The largest absolute Gasteiger partial charge is 0.394 e. The number of hydrogen-bond donors (Lipinski definition) is 3. The van der Waals surface area contributed by atoms with Crippen molar-refractivity contribution in [1.29, 1.82) is 0 Å². The van der Waals surface area contributed by atoms with Crippen LogP contribution in [0.25, 0.3) is 0 Å². The smallest absolute Gasteiger partial charge is 0.257 e. The number of thiocarbonyl (C=S) groups is 1. The van der Waals surface area contributed by atoms with Gasteiger partial charge in [0.15, 0.2) is 5.11 Å². The summed E-state index contributed by atoms with van der Waals surface area (Å²) >= 11 is 5.07. The average Bonchev–Trinajstić information content (AvgIpc) is 2.54. The van der Waals surface area contributed by atoms with Gasteiger partial charge in [-0.05, 0) is 42.0 Å². The average molecular weight is 318 g/mol. The van der Waals surface area contributed by atoms with Crippen LogP contribution in [-0.4, -0.2) is 22.7 Å². The van der Waals surface area contributed by atoms with Gasteiger partial charge in [-0.1, -0.05) is 30.3 Å². The molecule has 114 valence electrons. The first-order valence-corrected chi connectivity index (χ1v) is 7.04. The molecule has 0 aliphatic rings. The summed E-state index contributed by atoms with van der Waals surface area (Å²) in [5, 5.41) is 14.9. The molecule has 0 heterocycles. The van der Waals surface area contributed by atoms with Gasteiger partial charge < -0.3 is 10.4 Å². The lowest BCUT2D eigenvalue weighted by Crippen LogP contribution is -2.42. The normalized spacial score (nSPS) is 11.5. The molecule has 0 spiro atoms. The second kappa shape index (κ2) is 7.63. The number of carbonyl (C=O) groups excluding carboxylic acids is 1. The Morgan fingerprint density at radius 2 is 1.77 bits per heavy atom. The summed E-state index contributed by atoms with van der Waals surface area (Å²) in [6, 6.07) is 14.0. The van der Waals surface area contributed by atoms with E-state index >= 15 is 0 Å². The van der Waals surface area contributed by atoms with Gasteiger partial charge in [0.25, 0.3) is 5.91 Å². The quantitative estimate of drug-likeness (QED) is 0.756. The molecule has 22 heavy (non-hydrogen) atoms. The molecule has 0 saturated carbocycles. The fraction of sp³-hybridized carbons (Fsp3) is 0.125. The Hall–Kier alpha value is -2.31. The Kier molecular flexibility index (Phi) is 5.57. The molecule has 4 nitrogen and oxygen atoms in total. The van der Waals surface area contributed by atoms with Crippen LogP contribution in [-0.2, 0) is 0 Å². The summed E-state index contributed by atoms with van der Waals surface area (Å²) in [7, 11) is 0. The lowest BCUT2D eigenvalue weighted by Gasteiger charge is -2.18. The van der Waals surface area contributed by atoms with Crippen molar-refractivity contribution >= 4 is 23.2 Å². The zero-order chi connectivity index (χ0) is 15.9. The third kappa shape index (κ3) is 4.34. The number of aliphatic hydroxyl groups excluding tert-OH is 1. The van der Waals surface area contributed by atoms with Gasteiger partial charge >= 0.3 is 0 Å². The van der Waals surface area contributed by atoms with Gasteiger partial charge in [-0.25, -0.2) is 4.39 Å². The van der Waals surface area contributed by atoms with Gasteiger partial charge in [0.05, 0.1) is 12.6 Å². The zero-order valence-electron chi connectivity index (χ0n) is 11.6. The maximum absolute atomic E-state index is 12.8. The minimum absolute atomic E-state index is 0.0947. The van der Waals surface area contributed by atoms with E-state index in [1.165, 1.54) is 24.3 Å². The van der Waals surface area contributed by atoms with Crippen LogP contribution in [0.1, 0.15) is 22.0 Å². The number of rotatable bonds is 4. The number of carbonyl (C=O) groups is 1. The SMILES string of the molecule is O=C(NC(=S)NC(CO)c1ccccc1)c1ccc(F)cc1. The minimum Gasteiger partial charge on any atom is -0.394 e. The van der Waals surface area contributed by atoms with Crippen LogP contribution in [0.4, 0.5) is 4.39 Å². The molecule has 0 aromatic heterocycles. The molecule has 0 saturated heterocycles. The standard InChI is InChI=1S/C16H15FN2O2S/c17-13-8-6-12(7-9-13)15(21)19-16(22)18-14(10-20)11-4-2-1-3-5-11/h1-9,14,20H,10H2,(H2,18,19,21,22). The number of halogens is 1. The molecule has 0 aliphatic carbocycles. The third-order valence-electron chi connectivity index (χ3n) is 3.02. The highest BCUT2D eigenvalue weighted by Crippen LogP contribution is 2.11. The van der Waals surface area contributed by atoms with E-state index < -0.39 is 17.8 Å². The Balaban J connectivity index is 1.97. The molecular weight excluding hydrogens is 303 g/mol. The van der Waals surface area contributed by atoms with Gasteiger partial charge in [0.2, 0.25) is 0 Å². The third-order valence-corrected chi connectivity index (χ3v) is 3.24. The highest BCUT2D eigenvalue weighted by Gasteiger charge is 2.13. The maximum atomic E-state index is 12.8. The van der Waals surface area contributed by atoms with Crippen LogP contribution in [0, 0.1) is 5.82 Å². The van der Waals surface area contributed by atoms with Crippen molar-refractivity contribution in [2.75, 3.05) is 6.61 Å². The van der Waals surface area contributed by atoms with Gasteiger partial charge in [-0.3, -0.25) is 10.1 Å². The number of benzene rings is 2. The molecule has 0 bridgehead atoms. The molecule has 2 aromatic rings. The van der Waals surface area contributed by atoms with Crippen LogP contribution in [0.15, 0.2) is 54.6 Å². The Morgan fingerprint density at radius 1 is 1.14 bits per heavy atom. The Morgan fingerprint density at radius 3 is 2.36 bits per heavy atom. The molecule has 1 unspecified atom stereocenters. The van der Waals surface area contributed by atoms with Crippen molar-refractivity contribution in [2.24, 2.45) is 0 Å². The molecule has 3 N–H and O–H groups in total. The molecule has 0 fully saturated rings. The van der Waals surface area contributed by atoms with Gasteiger partial charge in [0, 0.05) is 5.56 Å². The van der Waals surface area contributed by atoms with E-state index in [9.17, 15) is 14.3 Å². The van der Waals surface area contributed by atoms with E-state index in [4.69, 9.17) is 12.2 Å². The first kappa shape index (κ1) is 16.1. The summed E-state index contributed by atoms with van der Waals surface area (Å²) in [5.74, 6) is -0.857. The molecule has 0 radical (unpaired) electrons. The van der Waals surface area contributed by atoms with E-state index in [2.05, 4.69) is 10.6 Å². The van der Waals surface area contributed by atoms with Gasteiger partial charge in [-0.15, -0.1) is 0 Å². The lowest BCUT2D eigenvalue weighted by atomic mass is 10.1. The van der Waals surface area contributed by atoms with Crippen LogP contribution >= 0.6 is 12.2 Å². The lowest BCUT2D eigenvalue weighted by molar-refractivity contribution is 0.0976. The summed E-state index contributed by atoms with van der Waals surface area (Å²) in [6.45, 7) is -0.170. The van der Waals surface area contributed by atoms with Crippen molar-refractivity contribution in [2.45, 2.75) is 6.04 Å². The highest BCUT2D eigenvalue weighted by molar-refractivity contribution is 7.80. The van der Waals surface area contributed by atoms with E-state index in [-0.39, 0.29) is 11.7 Å². The van der Waals surface area contributed by atoms with Gasteiger partial charge in [-0.2, -0.15) is 0 Å². The monoisotopic (exact) mass is 318 g/mol. The Labute approximate surface area is 133 Å². The molecule has 0 aliphatic heterocycles.